The van der Waals surface area contributed by atoms with Gasteiger partial charge in [0.05, 0.1) is 0 Å². The zero-order chi connectivity index (χ0) is 16.2. The Balaban J connectivity index is 2.16. The molecule has 0 N–H and O–H groups in total. The molecule has 1 nitrogen and oxygen atoms in total. The maximum Gasteiger partial charge on any atom is 0.0497 e. The van der Waals surface area contributed by atoms with Crippen LogP contribution in [0.5, 0.6) is 0 Å². The molecule has 23 heavy (non-hydrogen) atoms. The van der Waals surface area contributed by atoms with Crippen LogP contribution in [0.3, 0.4) is 0 Å². The first-order valence-corrected chi connectivity index (χ1v) is 8.59. The third kappa shape index (κ3) is 2.96. The number of hydrogen-bond acceptors (Lipinski definition) is 0. The van der Waals surface area contributed by atoms with Crippen molar-refractivity contribution >= 4 is 34.0 Å². The number of nitrogens with zero attached hydrogens (tertiary/aromatic N) is 1. The lowest BCUT2D eigenvalue weighted by Gasteiger charge is -2.08. The van der Waals surface area contributed by atoms with Crippen molar-refractivity contribution in [3.05, 3.63) is 60.7 Å². The van der Waals surface area contributed by atoms with E-state index in [2.05, 4.69) is 61.0 Å². The number of aryl methyl sites for hydroxylation is 1. The summed E-state index contributed by atoms with van der Waals surface area (Å²) in [5.41, 5.74) is 4.99. The van der Waals surface area contributed by atoms with E-state index in [0.29, 0.717) is 0 Å². The van der Waals surface area contributed by atoms with Crippen LogP contribution in [0.2, 0.25) is 0 Å². The Hall–Kier alpha value is -2.28. The summed E-state index contributed by atoms with van der Waals surface area (Å²) >= 11 is 0. The molecule has 1 heterocycles. The molecule has 1 heteroatoms. The van der Waals surface area contributed by atoms with Crippen molar-refractivity contribution < 1.29 is 0 Å². The van der Waals surface area contributed by atoms with Gasteiger partial charge in [-0.25, -0.2) is 0 Å². The largest absolute Gasteiger partial charge is 0.340 e. The number of benzene rings is 2. The van der Waals surface area contributed by atoms with Crippen molar-refractivity contribution in [3.63, 3.8) is 0 Å². The van der Waals surface area contributed by atoms with Crippen LogP contribution in [0, 0.1) is 0 Å². The van der Waals surface area contributed by atoms with Gasteiger partial charge in [0, 0.05) is 28.4 Å². The molecule has 3 aromatic rings. The Kier molecular flexibility index (Phi) is 4.66. The summed E-state index contributed by atoms with van der Waals surface area (Å²) in [6.07, 6.45) is 8.95. The number of hydrogen-bond donors (Lipinski definition) is 0. The van der Waals surface area contributed by atoms with Crippen molar-refractivity contribution in [1.82, 2.24) is 4.57 Å². The second-order valence-corrected chi connectivity index (χ2v) is 6.17. The molecule has 0 radical (unpaired) electrons. The first-order valence-electron chi connectivity index (χ1n) is 8.59. The number of aromatic nitrogens is 1. The fourth-order valence-corrected chi connectivity index (χ4v) is 3.32. The lowest BCUT2D eigenvalue weighted by molar-refractivity contribution is 0.602. The number of fused-ring (bicyclic) bond motifs is 3. The van der Waals surface area contributed by atoms with Crippen LogP contribution in [0.1, 0.15) is 43.7 Å². The molecule has 0 spiro atoms. The minimum Gasteiger partial charge on any atom is -0.340 e. The quantitative estimate of drug-likeness (QED) is 0.430. The molecule has 2 aromatic carbocycles. The van der Waals surface area contributed by atoms with Gasteiger partial charge in [-0.2, -0.15) is 0 Å². The lowest BCUT2D eigenvalue weighted by Crippen LogP contribution is -1.98. The SMILES string of the molecule is C=Cc1ccc2c3ccc(C=C)cc3n(CCCCCC)c2c1. The molecule has 0 saturated heterocycles. The van der Waals surface area contributed by atoms with Crippen LogP contribution in [0.4, 0.5) is 0 Å². The van der Waals surface area contributed by atoms with Gasteiger partial charge in [-0.15, -0.1) is 0 Å². The fraction of sp³-hybridized carbons (Fsp3) is 0.273. The predicted octanol–water partition coefficient (Wildman–Crippen LogP) is 6.66. The molecule has 0 amide bonds. The third-order valence-electron chi connectivity index (χ3n) is 4.62. The summed E-state index contributed by atoms with van der Waals surface area (Å²) in [4.78, 5) is 0. The minimum absolute atomic E-state index is 1.07. The third-order valence-corrected chi connectivity index (χ3v) is 4.62. The standard InChI is InChI=1S/C22H25N/c1-4-7-8-9-14-23-21-15-17(5-2)10-12-19(21)20-13-11-18(6-3)16-22(20)23/h5-6,10-13,15-16H,2-4,7-9,14H2,1H3. The van der Waals surface area contributed by atoms with Gasteiger partial charge >= 0.3 is 0 Å². The lowest BCUT2D eigenvalue weighted by atomic mass is 10.1. The smallest absolute Gasteiger partial charge is 0.0497 e. The van der Waals surface area contributed by atoms with Gasteiger partial charge in [-0.1, -0.05) is 75.8 Å². The highest BCUT2D eigenvalue weighted by Crippen LogP contribution is 2.31. The van der Waals surface area contributed by atoms with Crippen LogP contribution < -0.4 is 0 Å². The molecule has 0 aliphatic rings. The average molecular weight is 303 g/mol. The van der Waals surface area contributed by atoms with E-state index in [1.165, 1.54) is 58.6 Å². The molecular weight excluding hydrogens is 278 g/mol. The van der Waals surface area contributed by atoms with E-state index >= 15 is 0 Å². The number of rotatable bonds is 7. The van der Waals surface area contributed by atoms with E-state index in [0.717, 1.165) is 6.54 Å². The highest BCUT2D eigenvalue weighted by molar-refractivity contribution is 6.09. The summed E-state index contributed by atoms with van der Waals surface area (Å²) in [7, 11) is 0. The maximum absolute atomic E-state index is 3.91. The van der Waals surface area contributed by atoms with E-state index in [9.17, 15) is 0 Å². The Morgan fingerprint density at radius 3 is 1.87 bits per heavy atom. The van der Waals surface area contributed by atoms with E-state index in [4.69, 9.17) is 0 Å². The van der Waals surface area contributed by atoms with E-state index in [1.807, 2.05) is 12.2 Å². The fourth-order valence-electron chi connectivity index (χ4n) is 3.32. The zero-order valence-corrected chi connectivity index (χ0v) is 14.0. The van der Waals surface area contributed by atoms with Gasteiger partial charge in [0.1, 0.15) is 0 Å². The van der Waals surface area contributed by atoms with Crippen molar-refractivity contribution in [2.24, 2.45) is 0 Å². The Labute approximate surface area is 138 Å². The molecule has 0 bridgehead atoms. The highest BCUT2D eigenvalue weighted by Gasteiger charge is 2.11. The van der Waals surface area contributed by atoms with Crippen molar-refractivity contribution in [3.8, 4) is 0 Å². The Morgan fingerprint density at radius 2 is 1.39 bits per heavy atom. The van der Waals surface area contributed by atoms with Gasteiger partial charge in [-0.05, 0) is 29.7 Å². The van der Waals surface area contributed by atoms with Crippen LogP contribution in [0.15, 0.2) is 49.6 Å². The van der Waals surface area contributed by atoms with E-state index < -0.39 is 0 Å². The molecule has 0 fully saturated rings. The Bertz CT molecular complexity index is 786. The van der Waals surface area contributed by atoms with E-state index in [-0.39, 0.29) is 0 Å². The van der Waals surface area contributed by atoms with E-state index in [1.54, 1.807) is 0 Å². The van der Waals surface area contributed by atoms with Gasteiger partial charge in [-0.3, -0.25) is 0 Å². The average Bonchev–Trinajstić information content (AvgIpc) is 2.90. The normalized spacial score (nSPS) is 11.2. The topological polar surface area (TPSA) is 4.93 Å². The summed E-state index contributed by atoms with van der Waals surface area (Å²) in [6.45, 7) is 11.2. The van der Waals surface area contributed by atoms with Gasteiger partial charge in [0.25, 0.3) is 0 Å². The summed E-state index contributed by atoms with van der Waals surface area (Å²) in [5.74, 6) is 0. The molecule has 1 aromatic heterocycles. The van der Waals surface area contributed by atoms with Gasteiger partial charge < -0.3 is 4.57 Å². The van der Waals surface area contributed by atoms with Crippen LogP contribution in [-0.2, 0) is 6.54 Å². The van der Waals surface area contributed by atoms with Gasteiger partial charge in [0.15, 0.2) is 0 Å². The molecule has 0 unspecified atom stereocenters. The first-order chi connectivity index (χ1) is 11.3. The van der Waals surface area contributed by atoms with Crippen molar-refractivity contribution in [1.29, 1.82) is 0 Å². The molecule has 0 saturated carbocycles. The van der Waals surface area contributed by atoms with Crippen LogP contribution in [0.25, 0.3) is 34.0 Å². The molecule has 118 valence electrons. The molecule has 3 rings (SSSR count). The molecule has 0 aliphatic carbocycles. The second-order valence-electron chi connectivity index (χ2n) is 6.17. The van der Waals surface area contributed by atoms with Crippen LogP contribution >= 0.6 is 0 Å². The highest BCUT2D eigenvalue weighted by atomic mass is 15.0. The monoisotopic (exact) mass is 303 g/mol. The van der Waals surface area contributed by atoms with Crippen molar-refractivity contribution in [2.45, 2.75) is 39.2 Å². The summed E-state index contributed by atoms with van der Waals surface area (Å²) in [5, 5.41) is 2.66. The van der Waals surface area contributed by atoms with Crippen LogP contribution in [-0.4, -0.2) is 4.57 Å². The molecular formula is C22H25N. The Morgan fingerprint density at radius 1 is 0.826 bits per heavy atom. The minimum atomic E-state index is 1.07. The maximum atomic E-state index is 3.91. The summed E-state index contributed by atoms with van der Waals surface area (Å²) in [6, 6.07) is 13.3. The number of unbranched alkanes of at least 4 members (excludes halogenated alkanes) is 3. The predicted molar refractivity (Wildman–Crippen MR) is 104 cm³/mol. The van der Waals surface area contributed by atoms with Crippen molar-refractivity contribution in [2.75, 3.05) is 0 Å². The zero-order valence-electron chi connectivity index (χ0n) is 14.0. The first kappa shape index (κ1) is 15.6. The van der Waals surface area contributed by atoms with Gasteiger partial charge in [0.2, 0.25) is 0 Å². The molecule has 0 atom stereocenters. The molecule has 0 aliphatic heterocycles. The summed E-state index contributed by atoms with van der Waals surface area (Å²) < 4.78 is 2.47. The second kappa shape index (κ2) is 6.87.